The molecular weight excluding hydrogens is 254 g/mol. The van der Waals surface area contributed by atoms with E-state index in [-0.39, 0.29) is 11.7 Å². The maximum Gasteiger partial charge on any atom is 0.235 e. The molecule has 5 heteroatoms. The first-order valence-corrected chi connectivity index (χ1v) is 7.72. The highest BCUT2D eigenvalue weighted by molar-refractivity contribution is 7.85. The van der Waals surface area contributed by atoms with Crippen LogP contribution in [-0.4, -0.2) is 33.6 Å². The number of rotatable bonds is 6. The van der Waals surface area contributed by atoms with Crippen molar-refractivity contribution < 1.29 is 9.00 Å². The molecule has 0 fully saturated rings. The lowest BCUT2D eigenvalue weighted by Gasteiger charge is -2.15. The molecule has 0 N–H and O–H groups in total. The number of carbonyl (C=O) groups is 1. The van der Waals surface area contributed by atoms with Crippen LogP contribution in [-0.2, 0) is 22.1 Å². The van der Waals surface area contributed by atoms with Crippen molar-refractivity contribution in [1.82, 2.24) is 4.90 Å². The van der Waals surface area contributed by atoms with Crippen molar-refractivity contribution in [2.45, 2.75) is 13.5 Å². The largest absolute Gasteiger partial charge is 0.340 e. The van der Waals surface area contributed by atoms with E-state index in [2.05, 4.69) is 0 Å². The molecule has 0 saturated heterocycles. The zero-order chi connectivity index (χ0) is 12.7. The fourth-order valence-electron chi connectivity index (χ4n) is 1.23. The number of hydrogen-bond acceptors (Lipinski definition) is 3. The molecule has 1 unspecified atom stereocenters. The van der Waals surface area contributed by atoms with Gasteiger partial charge in [-0.05, 0) is 18.4 Å². The lowest BCUT2D eigenvalue weighted by Crippen LogP contribution is -2.30. The second-order valence-corrected chi connectivity index (χ2v) is 6.18. The highest BCUT2D eigenvalue weighted by Gasteiger charge is 2.12. The molecule has 0 radical (unpaired) electrons. The van der Waals surface area contributed by atoms with Gasteiger partial charge in [-0.15, -0.1) is 11.3 Å². The number of allylic oxidation sites excluding steroid dienone is 1. The van der Waals surface area contributed by atoms with Crippen LogP contribution in [0.5, 0.6) is 0 Å². The van der Waals surface area contributed by atoms with Gasteiger partial charge in [0.1, 0.15) is 5.75 Å². The summed E-state index contributed by atoms with van der Waals surface area (Å²) in [5.41, 5.74) is 0. The van der Waals surface area contributed by atoms with Crippen LogP contribution in [0.2, 0.25) is 0 Å². The third kappa shape index (κ3) is 5.28. The molecule has 0 aliphatic heterocycles. The molecular formula is C12H17NO2S2. The standard InChI is InChI=1S/C12H17NO2S2/c1-3-4-8-17(15)10-12(14)13(2)9-11-6-5-7-16-11/h3-7H,8-10H2,1-2H3/b4-3+. The fraction of sp³-hybridized carbons (Fsp3) is 0.417. The van der Waals surface area contributed by atoms with E-state index in [1.807, 2.05) is 36.6 Å². The number of amides is 1. The Morgan fingerprint density at radius 3 is 2.94 bits per heavy atom. The van der Waals surface area contributed by atoms with Crippen LogP contribution >= 0.6 is 11.3 Å². The van der Waals surface area contributed by atoms with Crippen molar-refractivity contribution in [3.63, 3.8) is 0 Å². The quantitative estimate of drug-likeness (QED) is 0.742. The lowest BCUT2D eigenvalue weighted by atomic mass is 10.4. The van der Waals surface area contributed by atoms with E-state index in [9.17, 15) is 9.00 Å². The van der Waals surface area contributed by atoms with Crippen LogP contribution in [0.4, 0.5) is 0 Å². The summed E-state index contributed by atoms with van der Waals surface area (Å²) in [6.45, 7) is 2.47. The van der Waals surface area contributed by atoms with Crippen molar-refractivity contribution >= 4 is 28.0 Å². The van der Waals surface area contributed by atoms with Gasteiger partial charge in [0.25, 0.3) is 0 Å². The number of nitrogens with zero attached hydrogens (tertiary/aromatic N) is 1. The summed E-state index contributed by atoms with van der Waals surface area (Å²) in [6.07, 6.45) is 3.67. The SMILES string of the molecule is C/C=C/CS(=O)CC(=O)N(C)Cc1cccs1. The normalized spacial score (nSPS) is 12.8. The average molecular weight is 271 g/mol. The Bertz CT molecular complexity index is 399. The first-order valence-electron chi connectivity index (χ1n) is 5.36. The van der Waals surface area contributed by atoms with Crippen LogP contribution in [0.1, 0.15) is 11.8 Å². The highest BCUT2D eigenvalue weighted by Crippen LogP contribution is 2.10. The summed E-state index contributed by atoms with van der Waals surface area (Å²) in [4.78, 5) is 14.5. The molecule has 3 nitrogen and oxygen atoms in total. The molecule has 0 spiro atoms. The van der Waals surface area contributed by atoms with E-state index < -0.39 is 10.8 Å². The van der Waals surface area contributed by atoms with Gasteiger partial charge in [0.15, 0.2) is 0 Å². The molecule has 1 heterocycles. The van der Waals surface area contributed by atoms with Gasteiger partial charge >= 0.3 is 0 Å². The molecule has 1 aromatic heterocycles. The Kier molecular flexibility index (Phi) is 6.15. The number of carbonyl (C=O) groups excluding carboxylic acids is 1. The summed E-state index contributed by atoms with van der Waals surface area (Å²) < 4.78 is 11.5. The summed E-state index contributed by atoms with van der Waals surface area (Å²) in [6, 6.07) is 3.95. The van der Waals surface area contributed by atoms with E-state index in [0.717, 1.165) is 4.88 Å². The van der Waals surface area contributed by atoms with E-state index in [1.165, 1.54) is 0 Å². The van der Waals surface area contributed by atoms with E-state index in [0.29, 0.717) is 12.3 Å². The molecule has 94 valence electrons. The zero-order valence-corrected chi connectivity index (χ0v) is 11.7. The van der Waals surface area contributed by atoms with Gasteiger partial charge in [-0.3, -0.25) is 9.00 Å². The van der Waals surface area contributed by atoms with Crippen molar-refractivity contribution in [3.8, 4) is 0 Å². The first kappa shape index (κ1) is 14.1. The Balaban J connectivity index is 2.39. The van der Waals surface area contributed by atoms with Crippen LogP contribution in [0.25, 0.3) is 0 Å². The summed E-state index contributed by atoms with van der Waals surface area (Å²) in [5, 5.41) is 1.98. The van der Waals surface area contributed by atoms with Crippen molar-refractivity contribution in [3.05, 3.63) is 34.5 Å². The molecule has 1 rings (SSSR count). The van der Waals surface area contributed by atoms with Crippen LogP contribution in [0, 0.1) is 0 Å². The monoisotopic (exact) mass is 271 g/mol. The molecule has 17 heavy (non-hydrogen) atoms. The van der Waals surface area contributed by atoms with Crippen LogP contribution in [0.3, 0.4) is 0 Å². The fourth-order valence-corrected chi connectivity index (χ4v) is 3.01. The highest BCUT2D eigenvalue weighted by atomic mass is 32.2. The van der Waals surface area contributed by atoms with Gasteiger partial charge < -0.3 is 4.90 Å². The Morgan fingerprint density at radius 2 is 2.35 bits per heavy atom. The maximum absolute atomic E-state index is 11.8. The van der Waals surface area contributed by atoms with Gasteiger partial charge in [0.05, 0.1) is 6.54 Å². The zero-order valence-electron chi connectivity index (χ0n) is 10.1. The van der Waals surface area contributed by atoms with Gasteiger partial charge in [0, 0.05) is 28.5 Å². The minimum absolute atomic E-state index is 0.0683. The predicted octanol–water partition coefficient (Wildman–Crippen LogP) is 2.03. The Labute approximate surface area is 109 Å². The van der Waals surface area contributed by atoms with Crippen LogP contribution in [0.15, 0.2) is 29.7 Å². The third-order valence-corrected chi connectivity index (χ3v) is 4.20. The van der Waals surface area contributed by atoms with E-state index >= 15 is 0 Å². The molecule has 0 aliphatic carbocycles. The van der Waals surface area contributed by atoms with Gasteiger partial charge in [0.2, 0.25) is 5.91 Å². The number of hydrogen-bond donors (Lipinski definition) is 0. The third-order valence-electron chi connectivity index (χ3n) is 2.20. The Hall–Kier alpha value is -0.940. The van der Waals surface area contributed by atoms with Crippen LogP contribution < -0.4 is 0 Å². The van der Waals surface area contributed by atoms with Crippen molar-refractivity contribution in [2.75, 3.05) is 18.6 Å². The summed E-state index contributed by atoms with van der Waals surface area (Å²) in [5.74, 6) is 0.489. The van der Waals surface area contributed by atoms with Gasteiger partial charge in [-0.25, -0.2) is 0 Å². The number of thiophene rings is 1. The lowest BCUT2D eigenvalue weighted by molar-refractivity contribution is -0.127. The Morgan fingerprint density at radius 1 is 1.59 bits per heavy atom. The van der Waals surface area contributed by atoms with Gasteiger partial charge in [-0.1, -0.05) is 18.2 Å². The molecule has 0 saturated carbocycles. The molecule has 0 bridgehead atoms. The minimum atomic E-state index is -1.09. The van der Waals surface area contributed by atoms with Crippen molar-refractivity contribution in [1.29, 1.82) is 0 Å². The molecule has 1 atom stereocenters. The summed E-state index contributed by atoms with van der Waals surface area (Å²) >= 11 is 1.62. The van der Waals surface area contributed by atoms with E-state index in [4.69, 9.17) is 0 Å². The smallest absolute Gasteiger partial charge is 0.235 e. The molecule has 1 aromatic rings. The first-order chi connectivity index (χ1) is 8.13. The second-order valence-electron chi connectivity index (χ2n) is 3.65. The van der Waals surface area contributed by atoms with E-state index in [1.54, 1.807) is 23.3 Å². The second kappa shape index (κ2) is 7.40. The topological polar surface area (TPSA) is 37.4 Å². The minimum Gasteiger partial charge on any atom is -0.340 e. The summed E-state index contributed by atoms with van der Waals surface area (Å²) in [7, 11) is 0.651. The maximum atomic E-state index is 11.8. The average Bonchev–Trinajstić information content (AvgIpc) is 2.78. The van der Waals surface area contributed by atoms with Crippen molar-refractivity contribution in [2.24, 2.45) is 0 Å². The van der Waals surface area contributed by atoms with Gasteiger partial charge in [-0.2, -0.15) is 0 Å². The predicted molar refractivity (Wildman–Crippen MR) is 73.5 cm³/mol. The molecule has 1 amide bonds. The molecule has 0 aromatic carbocycles. The molecule has 0 aliphatic rings.